The average molecular weight is 294 g/mol. The largest absolute Gasteiger partial charge is 0.493 e. The minimum Gasteiger partial charge on any atom is -0.493 e. The van der Waals surface area contributed by atoms with Gasteiger partial charge >= 0.3 is 0 Å². The van der Waals surface area contributed by atoms with Crippen molar-refractivity contribution < 1.29 is 5.11 Å². The number of anilines is 3. The lowest BCUT2D eigenvalue weighted by atomic mass is 10.2. The average Bonchev–Trinajstić information content (AvgIpc) is 2.30. The highest BCUT2D eigenvalue weighted by Gasteiger charge is 2.06. The predicted octanol–water partition coefficient (Wildman–Crippen LogP) is 3.18. The van der Waals surface area contributed by atoms with Crippen molar-refractivity contribution in [2.75, 3.05) is 11.1 Å². The van der Waals surface area contributed by atoms with Crippen LogP contribution in [0.25, 0.3) is 0 Å². The van der Waals surface area contributed by atoms with Crippen LogP contribution < -0.4 is 11.1 Å². The van der Waals surface area contributed by atoms with E-state index in [1.807, 2.05) is 25.1 Å². The molecule has 0 radical (unpaired) electrons. The Morgan fingerprint density at radius 3 is 2.82 bits per heavy atom. The van der Waals surface area contributed by atoms with Crippen molar-refractivity contribution in [2.45, 2.75) is 6.92 Å². The van der Waals surface area contributed by atoms with Gasteiger partial charge in [0.15, 0.2) is 5.82 Å². The number of pyridine rings is 1. The summed E-state index contributed by atoms with van der Waals surface area (Å²) in [6.45, 7) is 1.99. The molecule has 1 aromatic carbocycles. The number of hydrogen-bond acceptors (Lipinski definition) is 4. The van der Waals surface area contributed by atoms with Gasteiger partial charge in [-0.15, -0.1) is 0 Å². The number of hydrogen-bond donors (Lipinski definition) is 3. The minimum absolute atomic E-state index is 0.0644. The number of nitrogen functional groups attached to an aromatic ring is 1. The fraction of sp³-hybridized carbons (Fsp3) is 0.0833. The Labute approximate surface area is 108 Å². The molecule has 1 aromatic heterocycles. The van der Waals surface area contributed by atoms with Crippen molar-refractivity contribution in [1.82, 2.24) is 4.98 Å². The van der Waals surface area contributed by atoms with Crippen LogP contribution in [0.4, 0.5) is 17.2 Å². The van der Waals surface area contributed by atoms with Crippen LogP contribution in [0.1, 0.15) is 5.56 Å². The smallest absolute Gasteiger partial charge is 0.212 e. The van der Waals surface area contributed by atoms with E-state index in [1.165, 1.54) is 6.07 Å². The van der Waals surface area contributed by atoms with E-state index in [-0.39, 0.29) is 5.88 Å². The Morgan fingerprint density at radius 2 is 2.06 bits per heavy atom. The molecule has 0 aliphatic heterocycles. The molecule has 0 bridgehead atoms. The molecule has 0 atom stereocenters. The summed E-state index contributed by atoms with van der Waals surface area (Å²) in [6.07, 6.45) is 0. The number of rotatable bonds is 2. The van der Waals surface area contributed by atoms with Gasteiger partial charge in [-0.3, -0.25) is 0 Å². The summed E-state index contributed by atoms with van der Waals surface area (Å²) in [7, 11) is 0. The maximum Gasteiger partial charge on any atom is 0.212 e. The van der Waals surface area contributed by atoms with E-state index >= 15 is 0 Å². The number of halogens is 1. The molecule has 0 amide bonds. The second-order valence-electron chi connectivity index (χ2n) is 3.67. The summed E-state index contributed by atoms with van der Waals surface area (Å²) in [5, 5.41) is 12.4. The van der Waals surface area contributed by atoms with E-state index in [1.54, 1.807) is 6.07 Å². The maximum absolute atomic E-state index is 9.32. The standard InChI is InChI=1S/C12H12BrN3O/c1-7-3-2-4-9(11(7)13)15-12-8(14)5-6-10(17)16-12/h2-6H,14H2,1H3,(H2,15,16,17). The highest BCUT2D eigenvalue weighted by atomic mass is 79.9. The highest BCUT2D eigenvalue weighted by molar-refractivity contribution is 9.10. The van der Waals surface area contributed by atoms with Crippen molar-refractivity contribution in [1.29, 1.82) is 0 Å². The van der Waals surface area contributed by atoms with E-state index in [2.05, 4.69) is 26.2 Å². The molecule has 17 heavy (non-hydrogen) atoms. The number of aromatic nitrogens is 1. The van der Waals surface area contributed by atoms with Crippen LogP contribution in [0.15, 0.2) is 34.8 Å². The molecule has 0 aliphatic rings. The topological polar surface area (TPSA) is 71.2 Å². The quantitative estimate of drug-likeness (QED) is 0.795. The molecule has 88 valence electrons. The van der Waals surface area contributed by atoms with Gasteiger partial charge in [-0.05, 0) is 40.5 Å². The van der Waals surface area contributed by atoms with E-state index in [0.717, 1.165) is 15.7 Å². The fourth-order valence-electron chi connectivity index (χ4n) is 1.43. The van der Waals surface area contributed by atoms with E-state index < -0.39 is 0 Å². The SMILES string of the molecule is Cc1cccc(Nc2nc(O)ccc2N)c1Br. The van der Waals surface area contributed by atoms with Gasteiger partial charge in [-0.25, -0.2) is 0 Å². The summed E-state index contributed by atoms with van der Waals surface area (Å²) in [4.78, 5) is 3.94. The summed E-state index contributed by atoms with van der Waals surface area (Å²) in [5.74, 6) is 0.377. The summed E-state index contributed by atoms with van der Waals surface area (Å²) >= 11 is 3.49. The lowest BCUT2D eigenvalue weighted by Gasteiger charge is -2.11. The molecule has 0 unspecified atom stereocenters. The normalized spacial score (nSPS) is 10.2. The lowest BCUT2D eigenvalue weighted by Crippen LogP contribution is -1.99. The summed E-state index contributed by atoms with van der Waals surface area (Å²) in [6, 6.07) is 8.89. The molecule has 1 heterocycles. The third-order valence-electron chi connectivity index (χ3n) is 2.36. The van der Waals surface area contributed by atoms with Crippen molar-refractivity contribution in [3.05, 3.63) is 40.4 Å². The Hall–Kier alpha value is -1.75. The van der Waals surface area contributed by atoms with Crippen LogP contribution >= 0.6 is 15.9 Å². The van der Waals surface area contributed by atoms with Crippen LogP contribution in [0.2, 0.25) is 0 Å². The van der Waals surface area contributed by atoms with Crippen LogP contribution in [0.3, 0.4) is 0 Å². The Morgan fingerprint density at radius 1 is 1.29 bits per heavy atom. The lowest BCUT2D eigenvalue weighted by molar-refractivity contribution is 0.454. The molecule has 4 nitrogen and oxygen atoms in total. The van der Waals surface area contributed by atoms with Gasteiger partial charge in [-0.1, -0.05) is 12.1 Å². The minimum atomic E-state index is -0.0644. The van der Waals surface area contributed by atoms with Crippen LogP contribution in [0, 0.1) is 6.92 Å². The molecule has 2 rings (SSSR count). The number of nitrogens with one attached hydrogen (secondary N) is 1. The number of benzene rings is 1. The second kappa shape index (κ2) is 4.63. The number of aryl methyl sites for hydroxylation is 1. The van der Waals surface area contributed by atoms with Crippen LogP contribution in [-0.2, 0) is 0 Å². The van der Waals surface area contributed by atoms with Crippen LogP contribution in [0.5, 0.6) is 5.88 Å². The maximum atomic E-state index is 9.32. The van der Waals surface area contributed by atoms with Crippen molar-refractivity contribution >= 4 is 33.1 Å². The first-order chi connectivity index (χ1) is 8.08. The Balaban J connectivity index is 2.38. The zero-order valence-corrected chi connectivity index (χ0v) is 10.8. The molecular formula is C12H12BrN3O. The first kappa shape index (κ1) is 11.7. The molecule has 5 heteroatoms. The van der Waals surface area contributed by atoms with Crippen molar-refractivity contribution in [2.24, 2.45) is 0 Å². The first-order valence-corrected chi connectivity index (χ1v) is 5.85. The Bertz CT molecular complexity index is 557. The van der Waals surface area contributed by atoms with Gasteiger partial charge in [0.25, 0.3) is 0 Å². The Kier molecular flexibility index (Phi) is 3.19. The molecule has 0 saturated carbocycles. The van der Waals surface area contributed by atoms with Gasteiger partial charge < -0.3 is 16.2 Å². The highest BCUT2D eigenvalue weighted by Crippen LogP contribution is 2.30. The summed E-state index contributed by atoms with van der Waals surface area (Å²) < 4.78 is 0.949. The number of nitrogens with two attached hydrogens (primary N) is 1. The second-order valence-corrected chi connectivity index (χ2v) is 4.46. The van der Waals surface area contributed by atoms with Gasteiger partial charge in [0, 0.05) is 10.5 Å². The van der Waals surface area contributed by atoms with Gasteiger partial charge in [0.2, 0.25) is 5.88 Å². The number of aromatic hydroxyl groups is 1. The molecule has 0 spiro atoms. The summed E-state index contributed by atoms with van der Waals surface area (Å²) in [5.41, 5.74) is 8.22. The van der Waals surface area contributed by atoms with Crippen LogP contribution in [-0.4, -0.2) is 10.1 Å². The molecule has 0 fully saturated rings. The van der Waals surface area contributed by atoms with E-state index in [4.69, 9.17) is 5.73 Å². The molecule has 2 aromatic rings. The monoisotopic (exact) mass is 293 g/mol. The molecule has 0 saturated heterocycles. The third kappa shape index (κ3) is 2.50. The zero-order valence-electron chi connectivity index (χ0n) is 9.24. The fourth-order valence-corrected chi connectivity index (χ4v) is 1.79. The van der Waals surface area contributed by atoms with Crippen molar-refractivity contribution in [3.8, 4) is 5.88 Å². The number of nitrogens with zero attached hydrogens (tertiary/aromatic N) is 1. The van der Waals surface area contributed by atoms with Gasteiger partial charge in [-0.2, -0.15) is 4.98 Å². The first-order valence-electron chi connectivity index (χ1n) is 5.05. The van der Waals surface area contributed by atoms with E-state index in [9.17, 15) is 5.11 Å². The molecular weight excluding hydrogens is 282 g/mol. The zero-order chi connectivity index (χ0) is 12.4. The van der Waals surface area contributed by atoms with E-state index in [0.29, 0.717) is 11.5 Å². The van der Waals surface area contributed by atoms with Gasteiger partial charge in [0.05, 0.1) is 11.4 Å². The molecule has 0 aliphatic carbocycles. The third-order valence-corrected chi connectivity index (χ3v) is 3.41. The predicted molar refractivity (Wildman–Crippen MR) is 72.5 cm³/mol. The molecule has 4 N–H and O–H groups in total. The van der Waals surface area contributed by atoms with Crippen molar-refractivity contribution in [3.63, 3.8) is 0 Å². The van der Waals surface area contributed by atoms with Gasteiger partial charge in [0.1, 0.15) is 0 Å².